The largest absolute Gasteiger partial charge is 0.488 e. The van der Waals surface area contributed by atoms with Crippen LogP contribution in [0.4, 0.5) is 0 Å². The van der Waals surface area contributed by atoms with Crippen LogP contribution in [0, 0.1) is 6.92 Å². The molecule has 0 saturated heterocycles. The van der Waals surface area contributed by atoms with Crippen LogP contribution in [0.25, 0.3) is 10.8 Å². The lowest BCUT2D eigenvalue weighted by Crippen LogP contribution is -2.36. The highest BCUT2D eigenvalue weighted by Gasteiger charge is 2.34. The Bertz CT molecular complexity index is 996. The fourth-order valence-corrected chi connectivity index (χ4v) is 3.55. The van der Waals surface area contributed by atoms with E-state index in [1.165, 1.54) is 10.8 Å². The number of ether oxygens (including phenoxy) is 2. The number of carbonyl (C=O) groups excluding carboxylic acids is 1. The maximum absolute atomic E-state index is 12.4. The van der Waals surface area contributed by atoms with E-state index in [9.17, 15) is 4.79 Å². The van der Waals surface area contributed by atoms with Crippen molar-refractivity contribution in [2.45, 2.75) is 39.4 Å². The molecule has 0 aliphatic carbocycles. The Labute approximate surface area is 153 Å². The minimum absolute atomic E-state index is 0.125. The molecule has 0 amide bonds. The Morgan fingerprint density at radius 2 is 1.81 bits per heavy atom. The van der Waals surface area contributed by atoms with Crippen molar-refractivity contribution in [3.05, 3.63) is 71.3 Å². The summed E-state index contributed by atoms with van der Waals surface area (Å²) in [6.07, 6.45) is 0.398. The third-order valence-electron chi connectivity index (χ3n) is 4.88. The molecule has 132 valence electrons. The predicted octanol–water partition coefficient (Wildman–Crippen LogP) is 5.47. The van der Waals surface area contributed by atoms with Crippen LogP contribution < -0.4 is 9.47 Å². The molecule has 1 heterocycles. The first-order valence-electron chi connectivity index (χ1n) is 8.90. The van der Waals surface area contributed by atoms with E-state index in [1.807, 2.05) is 51.1 Å². The van der Waals surface area contributed by atoms with Crippen molar-refractivity contribution in [2.24, 2.45) is 0 Å². The lowest BCUT2D eigenvalue weighted by molar-refractivity contribution is 0.0613. The van der Waals surface area contributed by atoms with Crippen LogP contribution in [0.1, 0.15) is 41.8 Å². The first-order chi connectivity index (χ1) is 12.4. The third kappa shape index (κ3) is 2.94. The second-order valence-corrected chi connectivity index (χ2v) is 7.45. The van der Waals surface area contributed by atoms with Crippen molar-refractivity contribution in [1.82, 2.24) is 0 Å². The lowest BCUT2D eigenvalue weighted by Gasteiger charge is -2.33. The molecular weight excluding hydrogens is 324 g/mol. The van der Waals surface area contributed by atoms with Gasteiger partial charge in [0.05, 0.1) is 12.0 Å². The van der Waals surface area contributed by atoms with Gasteiger partial charge in [0.2, 0.25) is 0 Å². The average molecular weight is 346 g/mol. The highest BCUT2D eigenvalue weighted by Crippen LogP contribution is 2.39. The van der Waals surface area contributed by atoms with Gasteiger partial charge in [0.25, 0.3) is 0 Å². The molecule has 1 aliphatic heterocycles. The second-order valence-electron chi connectivity index (χ2n) is 7.45. The summed E-state index contributed by atoms with van der Waals surface area (Å²) in [5, 5.41) is 2.39. The number of carbonyl (C=O) groups is 1. The molecule has 3 aromatic rings. The number of ketones is 1. The number of benzene rings is 3. The quantitative estimate of drug-likeness (QED) is 0.631. The van der Waals surface area contributed by atoms with Crippen molar-refractivity contribution in [3.63, 3.8) is 0 Å². The van der Waals surface area contributed by atoms with Crippen LogP contribution in [-0.4, -0.2) is 11.4 Å². The Balaban J connectivity index is 1.64. The monoisotopic (exact) mass is 346 g/mol. The van der Waals surface area contributed by atoms with Crippen LogP contribution in [0.5, 0.6) is 11.5 Å². The Morgan fingerprint density at radius 1 is 1.04 bits per heavy atom. The summed E-state index contributed by atoms with van der Waals surface area (Å²) in [5.74, 6) is 1.53. The maximum atomic E-state index is 12.4. The smallest absolute Gasteiger partial charge is 0.170 e. The highest BCUT2D eigenvalue weighted by molar-refractivity contribution is 6.01. The Kier molecular flexibility index (Phi) is 3.95. The van der Waals surface area contributed by atoms with E-state index in [2.05, 4.69) is 24.3 Å². The molecule has 4 rings (SSSR count). The van der Waals surface area contributed by atoms with E-state index in [1.54, 1.807) is 0 Å². The summed E-state index contributed by atoms with van der Waals surface area (Å²) >= 11 is 0. The molecule has 1 aliphatic rings. The molecule has 26 heavy (non-hydrogen) atoms. The van der Waals surface area contributed by atoms with Gasteiger partial charge in [-0.05, 0) is 49.2 Å². The molecule has 3 heteroatoms. The molecule has 0 saturated carbocycles. The molecular formula is C23H22O3. The van der Waals surface area contributed by atoms with E-state index in [4.69, 9.17) is 9.47 Å². The van der Waals surface area contributed by atoms with Crippen LogP contribution in [0.3, 0.4) is 0 Å². The molecule has 0 unspecified atom stereocenters. The van der Waals surface area contributed by atoms with Crippen molar-refractivity contribution >= 4 is 16.6 Å². The number of hydrogen-bond acceptors (Lipinski definition) is 3. The molecule has 0 spiro atoms. The number of hydrogen-bond donors (Lipinski definition) is 0. The zero-order valence-electron chi connectivity index (χ0n) is 15.3. The fourth-order valence-electron chi connectivity index (χ4n) is 3.55. The van der Waals surface area contributed by atoms with Crippen molar-refractivity contribution in [3.8, 4) is 11.5 Å². The summed E-state index contributed by atoms with van der Waals surface area (Å²) in [4.78, 5) is 12.4. The normalized spacial score (nSPS) is 15.4. The molecule has 0 aromatic heterocycles. The van der Waals surface area contributed by atoms with Gasteiger partial charge in [0, 0.05) is 5.56 Å². The van der Waals surface area contributed by atoms with E-state index in [-0.39, 0.29) is 5.78 Å². The fraction of sp³-hybridized carbons (Fsp3) is 0.261. The number of fused-ring (bicyclic) bond motifs is 2. The van der Waals surface area contributed by atoms with Gasteiger partial charge >= 0.3 is 0 Å². The van der Waals surface area contributed by atoms with Gasteiger partial charge in [-0.1, -0.05) is 42.5 Å². The molecule has 0 bridgehead atoms. The molecule has 0 atom stereocenters. The van der Waals surface area contributed by atoms with Gasteiger partial charge in [-0.2, -0.15) is 0 Å². The molecule has 0 N–H and O–H groups in total. The number of Topliss-reactive ketones (excluding diaryl/α,β-unsaturated/α-hetero) is 1. The summed E-state index contributed by atoms with van der Waals surface area (Å²) in [6, 6.07) is 18.2. The summed E-state index contributed by atoms with van der Waals surface area (Å²) in [5.41, 5.74) is 2.18. The highest BCUT2D eigenvalue weighted by atomic mass is 16.5. The zero-order valence-corrected chi connectivity index (χ0v) is 15.3. The van der Waals surface area contributed by atoms with E-state index >= 15 is 0 Å². The Hall–Kier alpha value is -2.81. The van der Waals surface area contributed by atoms with E-state index in [0.29, 0.717) is 24.3 Å². The summed E-state index contributed by atoms with van der Waals surface area (Å²) in [7, 11) is 0. The standard InChI is InChI=1S/C23H22O3/c1-15-21(12-11-19-20(24)13-23(2,3)26-22(15)19)25-14-17-9-6-8-16-7-4-5-10-18(16)17/h4-12H,13-14H2,1-3H3. The van der Waals surface area contributed by atoms with Crippen molar-refractivity contribution in [2.75, 3.05) is 0 Å². The second kappa shape index (κ2) is 6.17. The van der Waals surface area contributed by atoms with Crippen LogP contribution in [-0.2, 0) is 6.61 Å². The van der Waals surface area contributed by atoms with Crippen molar-refractivity contribution in [1.29, 1.82) is 0 Å². The van der Waals surface area contributed by atoms with Crippen LogP contribution in [0.2, 0.25) is 0 Å². The van der Waals surface area contributed by atoms with Crippen LogP contribution >= 0.6 is 0 Å². The minimum Gasteiger partial charge on any atom is -0.488 e. The predicted molar refractivity (Wildman–Crippen MR) is 103 cm³/mol. The molecule has 3 nitrogen and oxygen atoms in total. The Morgan fingerprint density at radius 3 is 2.65 bits per heavy atom. The lowest BCUT2D eigenvalue weighted by atomic mass is 9.91. The number of rotatable bonds is 3. The van der Waals surface area contributed by atoms with Gasteiger partial charge in [0.15, 0.2) is 5.78 Å². The topological polar surface area (TPSA) is 35.5 Å². The molecule has 0 radical (unpaired) electrons. The van der Waals surface area contributed by atoms with Crippen LogP contribution in [0.15, 0.2) is 54.6 Å². The zero-order chi connectivity index (χ0) is 18.3. The van der Waals surface area contributed by atoms with Gasteiger partial charge in [-0.3, -0.25) is 4.79 Å². The first-order valence-corrected chi connectivity index (χ1v) is 8.90. The molecule has 3 aromatic carbocycles. The van der Waals surface area contributed by atoms with E-state index < -0.39 is 5.60 Å². The maximum Gasteiger partial charge on any atom is 0.170 e. The van der Waals surface area contributed by atoms with Gasteiger partial charge in [0.1, 0.15) is 23.7 Å². The SMILES string of the molecule is Cc1c(OCc2cccc3ccccc23)ccc2c1OC(C)(C)CC2=O. The molecule has 0 fully saturated rings. The minimum atomic E-state index is -0.483. The average Bonchev–Trinajstić information content (AvgIpc) is 2.61. The van der Waals surface area contributed by atoms with Gasteiger partial charge < -0.3 is 9.47 Å². The summed E-state index contributed by atoms with van der Waals surface area (Å²) in [6.45, 7) is 6.30. The van der Waals surface area contributed by atoms with Gasteiger partial charge in [-0.15, -0.1) is 0 Å². The first kappa shape index (κ1) is 16.6. The van der Waals surface area contributed by atoms with E-state index in [0.717, 1.165) is 16.9 Å². The summed E-state index contributed by atoms with van der Waals surface area (Å²) < 4.78 is 12.2. The van der Waals surface area contributed by atoms with Crippen molar-refractivity contribution < 1.29 is 14.3 Å². The third-order valence-corrected chi connectivity index (χ3v) is 4.88. The van der Waals surface area contributed by atoms with Gasteiger partial charge in [-0.25, -0.2) is 0 Å².